The van der Waals surface area contributed by atoms with E-state index in [4.69, 9.17) is 0 Å². The molecule has 3 fully saturated rings. The summed E-state index contributed by atoms with van der Waals surface area (Å²) in [5, 5.41) is 13.7. The molecule has 2 bridgehead atoms. The van der Waals surface area contributed by atoms with Crippen LogP contribution in [0.2, 0.25) is 0 Å². The number of hydrogen-bond acceptors (Lipinski definition) is 2. The van der Waals surface area contributed by atoms with Crippen LogP contribution in [-0.2, 0) is 0 Å². The third-order valence-electron chi connectivity index (χ3n) is 5.97. The molecule has 3 saturated carbocycles. The minimum absolute atomic E-state index is 0.103. The van der Waals surface area contributed by atoms with Crippen LogP contribution >= 0.6 is 0 Å². The Kier molecular flexibility index (Phi) is 2.61. The Labute approximate surface area is 105 Å². The van der Waals surface area contributed by atoms with Gasteiger partial charge in [-0.1, -0.05) is 20.8 Å². The number of fused-ring (bicyclic) bond motifs is 2. The SMILES string of the molecule is CC1(C)C(NCC(O)C2CC2)[C@]2(C)CC[C@H]1C2. The highest BCUT2D eigenvalue weighted by Gasteiger charge is 2.59. The van der Waals surface area contributed by atoms with Gasteiger partial charge < -0.3 is 10.4 Å². The van der Waals surface area contributed by atoms with E-state index in [1.54, 1.807) is 0 Å². The van der Waals surface area contributed by atoms with Crippen LogP contribution in [0, 0.1) is 22.7 Å². The van der Waals surface area contributed by atoms with Crippen LogP contribution in [0.4, 0.5) is 0 Å². The average Bonchev–Trinajstić information content (AvgIpc) is 2.98. The first-order chi connectivity index (χ1) is 7.93. The van der Waals surface area contributed by atoms with Crippen molar-refractivity contribution in [1.29, 1.82) is 0 Å². The van der Waals surface area contributed by atoms with E-state index >= 15 is 0 Å². The third-order valence-corrected chi connectivity index (χ3v) is 5.97. The van der Waals surface area contributed by atoms with Gasteiger partial charge in [-0.25, -0.2) is 0 Å². The quantitative estimate of drug-likeness (QED) is 0.787. The van der Waals surface area contributed by atoms with E-state index in [-0.39, 0.29) is 6.10 Å². The lowest BCUT2D eigenvalue weighted by Gasteiger charge is -2.43. The van der Waals surface area contributed by atoms with Crippen molar-refractivity contribution in [3.63, 3.8) is 0 Å². The zero-order chi connectivity index (χ0) is 12.3. The van der Waals surface area contributed by atoms with Crippen LogP contribution in [0.15, 0.2) is 0 Å². The minimum atomic E-state index is -0.103. The topological polar surface area (TPSA) is 32.3 Å². The molecule has 3 rings (SSSR count). The average molecular weight is 237 g/mol. The first-order valence-corrected chi connectivity index (χ1v) is 7.35. The maximum atomic E-state index is 10.0. The van der Waals surface area contributed by atoms with Gasteiger partial charge in [0.2, 0.25) is 0 Å². The molecule has 2 unspecified atom stereocenters. The van der Waals surface area contributed by atoms with Crippen molar-refractivity contribution < 1.29 is 5.11 Å². The van der Waals surface area contributed by atoms with E-state index in [2.05, 4.69) is 26.1 Å². The van der Waals surface area contributed by atoms with Gasteiger partial charge in [-0.2, -0.15) is 0 Å². The predicted octanol–water partition coefficient (Wildman–Crippen LogP) is 2.56. The predicted molar refractivity (Wildman–Crippen MR) is 69.8 cm³/mol. The molecule has 0 aromatic rings. The van der Waals surface area contributed by atoms with Crippen molar-refractivity contribution in [2.24, 2.45) is 22.7 Å². The zero-order valence-electron chi connectivity index (χ0n) is 11.5. The first-order valence-electron chi connectivity index (χ1n) is 7.35. The summed E-state index contributed by atoms with van der Waals surface area (Å²) in [6, 6.07) is 0.599. The van der Waals surface area contributed by atoms with E-state index < -0.39 is 0 Å². The molecule has 2 nitrogen and oxygen atoms in total. The summed E-state index contributed by atoms with van der Waals surface area (Å²) >= 11 is 0. The largest absolute Gasteiger partial charge is 0.392 e. The second kappa shape index (κ2) is 3.71. The van der Waals surface area contributed by atoms with Crippen molar-refractivity contribution >= 4 is 0 Å². The fraction of sp³-hybridized carbons (Fsp3) is 1.00. The molecule has 4 atom stereocenters. The minimum Gasteiger partial charge on any atom is -0.392 e. The lowest BCUT2D eigenvalue weighted by atomic mass is 9.68. The summed E-state index contributed by atoms with van der Waals surface area (Å²) in [6.07, 6.45) is 6.53. The number of rotatable bonds is 4. The molecular formula is C15H27NO. The summed E-state index contributed by atoms with van der Waals surface area (Å²) in [7, 11) is 0. The van der Waals surface area contributed by atoms with Gasteiger partial charge in [-0.05, 0) is 54.8 Å². The molecule has 2 N–H and O–H groups in total. The summed E-state index contributed by atoms with van der Waals surface area (Å²) in [4.78, 5) is 0. The molecule has 0 spiro atoms. The van der Waals surface area contributed by atoms with Crippen LogP contribution in [-0.4, -0.2) is 23.8 Å². The molecule has 98 valence electrons. The Hall–Kier alpha value is -0.0800. The number of hydrogen-bond donors (Lipinski definition) is 2. The molecule has 0 heterocycles. The highest BCUT2D eigenvalue weighted by molar-refractivity contribution is 5.12. The maximum Gasteiger partial charge on any atom is 0.0692 e. The summed E-state index contributed by atoms with van der Waals surface area (Å²) in [5.74, 6) is 1.49. The van der Waals surface area contributed by atoms with E-state index in [1.165, 1.54) is 32.1 Å². The third kappa shape index (κ3) is 1.84. The van der Waals surface area contributed by atoms with Gasteiger partial charge in [0.05, 0.1) is 6.10 Å². The molecule has 0 radical (unpaired) electrons. The molecule has 17 heavy (non-hydrogen) atoms. The summed E-state index contributed by atoms with van der Waals surface area (Å²) in [6.45, 7) is 8.09. The van der Waals surface area contributed by atoms with Crippen molar-refractivity contribution in [1.82, 2.24) is 5.32 Å². The van der Waals surface area contributed by atoms with Gasteiger partial charge in [0.15, 0.2) is 0 Å². The molecule has 0 aromatic carbocycles. The van der Waals surface area contributed by atoms with E-state index in [0.717, 1.165) is 12.5 Å². The fourth-order valence-electron chi connectivity index (χ4n) is 4.70. The van der Waals surface area contributed by atoms with Crippen molar-refractivity contribution in [3.8, 4) is 0 Å². The Bertz CT molecular complexity index is 305. The molecule has 0 aliphatic heterocycles. The highest BCUT2D eigenvalue weighted by Crippen LogP contribution is 2.62. The molecular weight excluding hydrogens is 210 g/mol. The lowest BCUT2D eigenvalue weighted by molar-refractivity contribution is 0.0818. The van der Waals surface area contributed by atoms with Crippen LogP contribution in [0.25, 0.3) is 0 Å². The van der Waals surface area contributed by atoms with Gasteiger partial charge in [-0.3, -0.25) is 0 Å². The Morgan fingerprint density at radius 3 is 2.47 bits per heavy atom. The second-order valence-electron chi connectivity index (χ2n) is 7.66. The van der Waals surface area contributed by atoms with Crippen LogP contribution in [0.1, 0.15) is 52.9 Å². The Morgan fingerprint density at radius 1 is 1.24 bits per heavy atom. The van der Waals surface area contributed by atoms with E-state index in [1.807, 2.05) is 0 Å². The fourth-order valence-corrected chi connectivity index (χ4v) is 4.70. The normalized spacial score (nSPS) is 45.2. The Balaban J connectivity index is 1.65. The molecule has 3 aliphatic carbocycles. The zero-order valence-corrected chi connectivity index (χ0v) is 11.5. The smallest absolute Gasteiger partial charge is 0.0692 e. The first kappa shape index (κ1) is 12.0. The van der Waals surface area contributed by atoms with Gasteiger partial charge in [-0.15, -0.1) is 0 Å². The van der Waals surface area contributed by atoms with Crippen molar-refractivity contribution in [2.45, 2.75) is 65.0 Å². The molecule has 0 aromatic heterocycles. The lowest BCUT2D eigenvalue weighted by Crippen LogP contribution is -2.52. The Morgan fingerprint density at radius 2 is 1.94 bits per heavy atom. The number of aliphatic hydroxyl groups excluding tert-OH is 1. The summed E-state index contributed by atoms with van der Waals surface area (Å²) < 4.78 is 0. The monoisotopic (exact) mass is 237 g/mol. The summed E-state index contributed by atoms with van der Waals surface area (Å²) in [5.41, 5.74) is 0.897. The van der Waals surface area contributed by atoms with Gasteiger partial charge in [0.1, 0.15) is 0 Å². The molecule has 0 saturated heterocycles. The maximum absolute atomic E-state index is 10.0. The molecule has 3 aliphatic rings. The van der Waals surface area contributed by atoms with Crippen LogP contribution in [0.3, 0.4) is 0 Å². The number of nitrogens with one attached hydrogen (secondary N) is 1. The highest BCUT2D eigenvalue weighted by atomic mass is 16.3. The van der Waals surface area contributed by atoms with Gasteiger partial charge >= 0.3 is 0 Å². The standard InChI is InChI=1S/C15H27NO/c1-14(2)11-6-7-15(3,8-11)13(14)16-9-12(17)10-4-5-10/h10-13,16-17H,4-9H2,1-3H3/t11-,12?,13?,15+/m0/s1. The second-order valence-corrected chi connectivity index (χ2v) is 7.66. The van der Waals surface area contributed by atoms with Crippen molar-refractivity contribution in [3.05, 3.63) is 0 Å². The van der Waals surface area contributed by atoms with E-state index in [0.29, 0.717) is 22.8 Å². The van der Waals surface area contributed by atoms with Crippen molar-refractivity contribution in [2.75, 3.05) is 6.54 Å². The van der Waals surface area contributed by atoms with E-state index in [9.17, 15) is 5.11 Å². The van der Waals surface area contributed by atoms with Gasteiger partial charge in [0.25, 0.3) is 0 Å². The van der Waals surface area contributed by atoms with Crippen LogP contribution < -0.4 is 5.32 Å². The number of aliphatic hydroxyl groups is 1. The van der Waals surface area contributed by atoms with Gasteiger partial charge in [0, 0.05) is 12.6 Å². The molecule has 2 heteroatoms. The van der Waals surface area contributed by atoms with Crippen LogP contribution in [0.5, 0.6) is 0 Å². The molecule has 0 amide bonds.